The number of hydrogen-bond acceptors (Lipinski definition) is 5. The van der Waals surface area contributed by atoms with Gasteiger partial charge in [0, 0.05) is 24.9 Å². The largest absolute Gasteiger partial charge is 0.345 e. The number of hydrogen-bond donors (Lipinski definition) is 2. The predicted octanol–water partition coefficient (Wildman–Crippen LogP) is 2.57. The molecule has 0 aliphatic rings. The number of nitrogens with zero attached hydrogens (tertiary/aromatic N) is 2. The van der Waals surface area contributed by atoms with Gasteiger partial charge in [-0.2, -0.15) is 0 Å². The molecule has 2 amide bonds. The number of anilines is 1. The lowest BCUT2D eigenvalue weighted by atomic mass is 9.93. The van der Waals surface area contributed by atoms with Crippen molar-refractivity contribution in [1.82, 2.24) is 9.88 Å². The normalized spacial score (nSPS) is 10.6. The summed E-state index contributed by atoms with van der Waals surface area (Å²) in [6.07, 6.45) is 0.227. The third-order valence-corrected chi connectivity index (χ3v) is 4.09. The van der Waals surface area contributed by atoms with Gasteiger partial charge in [0.2, 0.25) is 11.8 Å². The second-order valence-electron chi connectivity index (χ2n) is 6.58. The van der Waals surface area contributed by atoms with Crippen LogP contribution in [0, 0.1) is 11.3 Å². The van der Waals surface area contributed by atoms with Gasteiger partial charge in [0.05, 0.1) is 12.1 Å². The first-order chi connectivity index (χ1) is 10.1. The van der Waals surface area contributed by atoms with E-state index in [0.29, 0.717) is 23.9 Å². The lowest BCUT2D eigenvalue weighted by Crippen LogP contribution is -2.40. The maximum atomic E-state index is 12.2. The molecule has 3 N–H and O–H groups in total. The molecule has 0 spiro atoms. The van der Waals surface area contributed by atoms with E-state index in [1.807, 2.05) is 27.7 Å². The summed E-state index contributed by atoms with van der Waals surface area (Å²) in [6.45, 7) is 8.82. The number of halogens is 2. The molecule has 0 atom stereocenters. The average molecular weight is 399 g/mol. The molecule has 0 aliphatic carbocycles. The van der Waals surface area contributed by atoms with E-state index >= 15 is 0 Å². The first-order valence-corrected chi connectivity index (χ1v) is 8.22. The van der Waals surface area contributed by atoms with E-state index in [4.69, 9.17) is 5.73 Å². The molecule has 0 aliphatic heterocycles. The average Bonchev–Trinajstić information content (AvgIpc) is 2.85. The zero-order chi connectivity index (χ0) is 16.9. The van der Waals surface area contributed by atoms with Crippen LogP contribution in [0.2, 0.25) is 0 Å². The summed E-state index contributed by atoms with van der Waals surface area (Å²) in [5.74, 6) is -0.179. The smallest absolute Gasteiger partial charge is 0.228 e. The third kappa shape index (κ3) is 8.28. The molecule has 0 unspecified atom stereocenters. The number of aromatic nitrogens is 1. The molecule has 6 nitrogen and oxygen atoms in total. The topological polar surface area (TPSA) is 88.3 Å². The number of carbonyl (C=O) groups is 2. The molecule has 0 saturated heterocycles. The highest BCUT2D eigenvalue weighted by Crippen LogP contribution is 2.18. The Morgan fingerprint density at radius 1 is 1.38 bits per heavy atom. The SMILES string of the molecule is CC(C)C(=O)Nc1nc(CC(=O)N(C)CC(C)(C)CN)cs1.Cl.Cl. The van der Waals surface area contributed by atoms with E-state index in [0.717, 1.165) is 0 Å². The van der Waals surface area contributed by atoms with E-state index in [-0.39, 0.29) is 54.4 Å². The maximum Gasteiger partial charge on any atom is 0.228 e. The number of thiazole rings is 1. The maximum absolute atomic E-state index is 12.2. The lowest BCUT2D eigenvalue weighted by Gasteiger charge is -2.28. The van der Waals surface area contributed by atoms with Gasteiger partial charge < -0.3 is 16.0 Å². The van der Waals surface area contributed by atoms with Crippen LogP contribution in [0.15, 0.2) is 5.38 Å². The molecule has 140 valence electrons. The van der Waals surface area contributed by atoms with E-state index in [1.165, 1.54) is 11.3 Å². The molecule has 1 aromatic heterocycles. The van der Waals surface area contributed by atoms with Crippen molar-refractivity contribution in [3.05, 3.63) is 11.1 Å². The van der Waals surface area contributed by atoms with Crippen molar-refractivity contribution >= 4 is 53.1 Å². The van der Waals surface area contributed by atoms with E-state index in [1.54, 1.807) is 17.3 Å². The number of carbonyl (C=O) groups excluding carboxylic acids is 2. The van der Waals surface area contributed by atoms with Gasteiger partial charge in [-0.3, -0.25) is 9.59 Å². The zero-order valence-corrected chi connectivity index (χ0v) is 17.2. The van der Waals surface area contributed by atoms with Crippen LogP contribution in [0.3, 0.4) is 0 Å². The standard InChI is InChI=1S/C15H26N4O2S.2ClH/c1-10(2)13(21)18-14-17-11(7-22-14)6-12(20)19(5)9-15(3,4)8-16;;/h7,10H,6,8-9,16H2,1-5H3,(H,17,18,21);2*1H. The Labute approximate surface area is 160 Å². The van der Waals surface area contributed by atoms with Gasteiger partial charge in [-0.15, -0.1) is 36.2 Å². The number of nitrogens with two attached hydrogens (primary N) is 1. The van der Waals surface area contributed by atoms with Crippen molar-refractivity contribution in [3.8, 4) is 0 Å². The van der Waals surface area contributed by atoms with Crippen molar-refractivity contribution < 1.29 is 9.59 Å². The molecule has 0 fully saturated rings. The van der Waals surface area contributed by atoms with Crippen molar-refractivity contribution in [2.24, 2.45) is 17.1 Å². The Morgan fingerprint density at radius 2 is 1.96 bits per heavy atom. The number of likely N-dealkylation sites (N-methyl/N-ethyl adjacent to an activating group) is 1. The molecular weight excluding hydrogens is 371 g/mol. The summed E-state index contributed by atoms with van der Waals surface area (Å²) < 4.78 is 0. The Morgan fingerprint density at radius 3 is 2.46 bits per heavy atom. The van der Waals surface area contributed by atoms with Crippen molar-refractivity contribution in [2.75, 3.05) is 25.5 Å². The fraction of sp³-hybridized carbons (Fsp3) is 0.667. The van der Waals surface area contributed by atoms with Crippen LogP contribution in [0.5, 0.6) is 0 Å². The van der Waals surface area contributed by atoms with E-state index < -0.39 is 0 Å². The molecule has 0 radical (unpaired) electrons. The number of rotatable bonds is 7. The van der Waals surface area contributed by atoms with E-state index in [9.17, 15) is 9.59 Å². The summed E-state index contributed by atoms with van der Waals surface area (Å²) in [4.78, 5) is 29.8. The van der Waals surface area contributed by atoms with Crippen LogP contribution in [-0.4, -0.2) is 41.8 Å². The quantitative estimate of drug-likeness (QED) is 0.738. The second kappa shape index (κ2) is 10.9. The van der Waals surface area contributed by atoms with Crippen LogP contribution < -0.4 is 11.1 Å². The molecule has 1 aromatic rings. The lowest BCUT2D eigenvalue weighted by molar-refractivity contribution is -0.130. The summed E-state index contributed by atoms with van der Waals surface area (Å²) >= 11 is 1.33. The van der Waals surface area contributed by atoms with Crippen LogP contribution in [0.1, 0.15) is 33.4 Å². The number of nitrogens with one attached hydrogen (secondary N) is 1. The fourth-order valence-corrected chi connectivity index (χ4v) is 2.49. The van der Waals surface area contributed by atoms with Crippen LogP contribution in [0.4, 0.5) is 5.13 Å². The highest BCUT2D eigenvalue weighted by Gasteiger charge is 2.21. The third-order valence-electron chi connectivity index (χ3n) is 3.28. The molecule has 0 aromatic carbocycles. The molecule has 1 heterocycles. The zero-order valence-electron chi connectivity index (χ0n) is 14.8. The first-order valence-electron chi connectivity index (χ1n) is 7.34. The Balaban J connectivity index is 0. The number of amides is 2. The summed E-state index contributed by atoms with van der Waals surface area (Å²) in [5.41, 5.74) is 6.26. The predicted molar refractivity (Wildman–Crippen MR) is 104 cm³/mol. The minimum atomic E-state index is -0.108. The molecule has 24 heavy (non-hydrogen) atoms. The molecule has 0 saturated carbocycles. The van der Waals surface area contributed by atoms with Crippen LogP contribution >= 0.6 is 36.2 Å². The minimum absolute atomic E-state index is 0. The van der Waals surface area contributed by atoms with Gasteiger partial charge in [0.1, 0.15) is 0 Å². The summed E-state index contributed by atoms with van der Waals surface area (Å²) in [5, 5.41) is 5.07. The molecule has 1 rings (SSSR count). The molecule has 9 heteroatoms. The van der Waals surface area contributed by atoms with Gasteiger partial charge in [0.25, 0.3) is 0 Å². The first kappa shape index (κ1) is 25.4. The van der Waals surface area contributed by atoms with E-state index in [2.05, 4.69) is 10.3 Å². The summed E-state index contributed by atoms with van der Waals surface area (Å²) in [6, 6.07) is 0. The molecule has 0 bridgehead atoms. The highest BCUT2D eigenvalue weighted by molar-refractivity contribution is 7.13. The van der Waals surface area contributed by atoms with Gasteiger partial charge in [-0.05, 0) is 12.0 Å². The van der Waals surface area contributed by atoms with Gasteiger partial charge in [-0.25, -0.2) is 4.98 Å². The van der Waals surface area contributed by atoms with Gasteiger partial charge in [-0.1, -0.05) is 27.7 Å². The highest BCUT2D eigenvalue weighted by atomic mass is 35.5. The van der Waals surface area contributed by atoms with Crippen LogP contribution in [0.25, 0.3) is 0 Å². The molecular formula is C15H28Cl2N4O2S. The van der Waals surface area contributed by atoms with Crippen molar-refractivity contribution in [2.45, 2.75) is 34.1 Å². The fourth-order valence-electron chi connectivity index (χ4n) is 1.78. The van der Waals surface area contributed by atoms with Gasteiger partial charge >= 0.3 is 0 Å². The summed E-state index contributed by atoms with van der Waals surface area (Å²) in [7, 11) is 1.77. The Hall–Kier alpha value is -0.890. The van der Waals surface area contributed by atoms with Gasteiger partial charge in [0.15, 0.2) is 5.13 Å². The van der Waals surface area contributed by atoms with Crippen molar-refractivity contribution in [1.29, 1.82) is 0 Å². The Kier molecular flexibility index (Phi) is 11.5. The Bertz CT molecular complexity index is 535. The monoisotopic (exact) mass is 398 g/mol. The second-order valence-corrected chi connectivity index (χ2v) is 7.44. The minimum Gasteiger partial charge on any atom is -0.345 e. The van der Waals surface area contributed by atoms with Crippen LogP contribution in [-0.2, 0) is 16.0 Å². The van der Waals surface area contributed by atoms with Crippen molar-refractivity contribution in [3.63, 3.8) is 0 Å².